The number of hydrogen-bond acceptors (Lipinski definition) is 4. The highest BCUT2D eigenvalue weighted by Crippen LogP contribution is 2.20. The van der Waals surface area contributed by atoms with Crippen LogP contribution in [-0.2, 0) is 14.8 Å². The molecule has 1 aromatic carbocycles. The van der Waals surface area contributed by atoms with Gasteiger partial charge in [0.15, 0.2) is 0 Å². The van der Waals surface area contributed by atoms with Gasteiger partial charge in [0.05, 0.1) is 12.0 Å². The first-order valence-electron chi connectivity index (χ1n) is 7.04. The maximum atomic E-state index is 12.6. The molecule has 0 unspecified atom stereocenters. The lowest BCUT2D eigenvalue weighted by Gasteiger charge is -2.21. The van der Waals surface area contributed by atoms with Crippen molar-refractivity contribution in [3.05, 3.63) is 36.9 Å². The number of ether oxygens (including phenoxy) is 1. The quantitative estimate of drug-likeness (QED) is 0.778. The maximum absolute atomic E-state index is 12.6. The molecule has 1 amide bonds. The number of hydrogen-bond donors (Lipinski definition) is 0. The summed E-state index contributed by atoms with van der Waals surface area (Å²) in [6.45, 7) is 5.06. The van der Waals surface area contributed by atoms with Crippen LogP contribution in [0.4, 0.5) is 0 Å². The largest absolute Gasteiger partial charge is 0.497 e. The van der Waals surface area contributed by atoms with Gasteiger partial charge in [0.25, 0.3) is 0 Å². The molecule has 1 fully saturated rings. The second-order valence-electron chi connectivity index (χ2n) is 4.96. The molecule has 120 valence electrons. The van der Waals surface area contributed by atoms with Gasteiger partial charge in [-0.25, -0.2) is 8.42 Å². The molecule has 1 saturated heterocycles. The summed E-state index contributed by atoms with van der Waals surface area (Å²) in [7, 11) is -2.02. The summed E-state index contributed by atoms with van der Waals surface area (Å²) in [5.74, 6) is 0.446. The lowest BCUT2D eigenvalue weighted by atomic mass is 10.3. The van der Waals surface area contributed by atoms with Crippen LogP contribution in [0.3, 0.4) is 0 Å². The highest BCUT2D eigenvalue weighted by molar-refractivity contribution is 7.89. The maximum Gasteiger partial charge on any atom is 0.245 e. The van der Waals surface area contributed by atoms with Crippen LogP contribution in [0.1, 0.15) is 6.42 Å². The van der Waals surface area contributed by atoms with Gasteiger partial charge < -0.3 is 9.64 Å². The molecule has 6 nitrogen and oxygen atoms in total. The van der Waals surface area contributed by atoms with Crippen LogP contribution in [0, 0.1) is 0 Å². The van der Waals surface area contributed by atoms with E-state index in [-0.39, 0.29) is 17.3 Å². The smallest absolute Gasteiger partial charge is 0.245 e. The van der Waals surface area contributed by atoms with Crippen molar-refractivity contribution in [1.29, 1.82) is 0 Å². The van der Waals surface area contributed by atoms with Gasteiger partial charge in [0, 0.05) is 26.2 Å². The first-order chi connectivity index (χ1) is 10.5. The third kappa shape index (κ3) is 3.48. The van der Waals surface area contributed by atoms with Crippen LogP contribution in [0.15, 0.2) is 41.8 Å². The number of rotatable bonds is 4. The van der Waals surface area contributed by atoms with Gasteiger partial charge in [-0.1, -0.05) is 6.58 Å². The Bertz CT molecular complexity index is 640. The first kappa shape index (κ1) is 16.5. The van der Waals surface area contributed by atoms with E-state index in [1.54, 1.807) is 17.0 Å². The standard InChI is InChI=1S/C15H20N2O4S/c1-3-15(18)16-9-4-10-17(12-11-16)22(19,20)14-7-5-13(21-2)6-8-14/h3,5-8H,1,4,9-12H2,2H3. The van der Waals surface area contributed by atoms with E-state index in [0.717, 1.165) is 0 Å². The molecule has 0 bridgehead atoms. The zero-order valence-electron chi connectivity index (χ0n) is 12.6. The average molecular weight is 324 g/mol. The minimum atomic E-state index is -3.55. The van der Waals surface area contributed by atoms with Crippen molar-refractivity contribution < 1.29 is 17.9 Å². The fourth-order valence-corrected chi connectivity index (χ4v) is 3.85. The summed E-state index contributed by atoms with van der Waals surface area (Å²) in [5, 5.41) is 0. The number of methoxy groups -OCH3 is 1. The van der Waals surface area contributed by atoms with Gasteiger partial charge in [-0.05, 0) is 36.8 Å². The summed E-state index contributed by atoms with van der Waals surface area (Å²) >= 11 is 0. The fraction of sp³-hybridized carbons (Fsp3) is 0.400. The number of nitrogens with zero attached hydrogens (tertiary/aromatic N) is 2. The topological polar surface area (TPSA) is 66.9 Å². The summed E-state index contributed by atoms with van der Waals surface area (Å²) in [4.78, 5) is 13.5. The molecule has 0 spiro atoms. The van der Waals surface area contributed by atoms with E-state index in [0.29, 0.717) is 31.8 Å². The van der Waals surface area contributed by atoms with Crippen molar-refractivity contribution in [1.82, 2.24) is 9.21 Å². The van der Waals surface area contributed by atoms with Crippen molar-refractivity contribution >= 4 is 15.9 Å². The summed E-state index contributed by atoms with van der Waals surface area (Å²) < 4.78 is 31.8. The minimum Gasteiger partial charge on any atom is -0.497 e. The molecular weight excluding hydrogens is 304 g/mol. The van der Waals surface area contributed by atoms with Gasteiger partial charge in [0.1, 0.15) is 5.75 Å². The second kappa shape index (κ2) is 6.93. The van der Waals surface area contributed by atoms with Crippen LogP contribution in [0.25, 0.3) is 0 Å². The van der Waals surface area contributed by atoms with Gasteiger partial charge in [-0.2, -0.15) is 4.31 Å². The molecule has 1 heterocycles. The van der Waals surface area contributed by atoms with E-state index < -0.39 is 10.0 Å². The monoisotopic (exact) mass is 324 g/mol. The Balaban J connectivity index is 2.15. The molecular formula is C15H20N2O4S. The SMILES string of the molecule is C=CC(=O)N1CCCN(S(=O)(=O)c2ccc(OC)cc2)CC1. The summed E-state index contributed by atoms with van der Waals surface area (Å²) in [6, 6.07) is 6.31. The summed E-state index contributed by atoms with van der Waals surface area (Å²) in [6.07, 6.45) is 1.86. The fourth-order valence-electron chi connectivity index (χ4n) is 2.38. The van der Waals surface area contributed by atoms with E-state index in [9.17, 15) is 13.2 Å². The first-order valence-corrected chi connectivity index (χ1v) is 8.48. The van der Waals surface area contributed by atoms with Gasteiger partial charge in [-0.3, -0.25) is 4.79 Å². The van der Waals surface area contributed by atoms with Gasteiger partial charge in [-0.15, -0.1) is 0 Å². The number of carbonyl (C=O) groups excluding carboxylic acids is 1. The number of carbonyl (C=O) groups is 1. The van der Waals surface area contributed by atoms with E-state index in [1.165, 1.54) is 29.6 Å². The molecule has 0 N–H and O–H groups in total. The molecule has 0 atom stereocenters. The lowest BCUT2D eigenvalue weighted by molar-refractivity contribution is -0.125. The van der Waals surface area contributed by atoms with Crippen LogP contribution in [0.2, 0.25) is 0 Å². The number of sulfonamides is 1. The Morgan fingerprint density at radius 1 is 1.18 bits per heavy atom. The minimum absolute atomic E-state index is 0.163. The van der Waals surface area contributed by atoms with Crippen LogP contribution >= 0.6 is 0 Å². The molecule has 0 aromatic heterocycles. The number of benzene rings is 1. The molecule has 7 heteroatoms. The van der Waals surface area contributed by atoms with Crippen molar-refractivity contribution in [2.45, 2.75) is 11.3 Å². The van der Waals surface area contributed by atoms with Crippen LogP contribution in [-0.4, -0.2) is 56.8 Å². The van der Waals surface area contributed by atoms with Crippen molar-refractivity contribution in [3.8, 4) is 5.75 Å². The highest BCUT2D eigenvalue weighted by atomic mass is 32.2. The molecule has 0 saturated carbocycles. The Hall–Kier alpha value is -1.86. The van der Waals surface area contributed by atoms with E-state index >= 15 is 0 Å². The molecule has 1 aliphatic heterocycles. The predicted molar refractivity (Wildman–Crippen MR) is 83.1 cm³/mol. The third-order valence-corrected chi connectivity index (χ3v) is 5.55. The third-order valence-electron chi connectivity index (χ3n) is 3.64. The van der Waals surface area contributed by atoms with Crippen molar-refractivity contribution in [2.24, 2.45) is 0 Å². The Labute approximate surface area is 131 Å². The molecule has 0 radical (unpaired) electrons. The summed E-state index contributed by atoms with van der Waals surface area (Å²) in [5.41, 5.74) is 0. The van der Waals surface area contributed by atoms with E-state index in [2.05, 4.69) is 6.58 Å². The van der Waals surface area contributed by atoms with Crippen molar-refractivity contribution in [2.75, 3.05) is 33.3 Å². The Morgan fingerprint density at radius 2 is 1.86 bits per heavy atom. The van der Waals surface area contributed by atoms with Gasteiger partial charge >= 0.3 is 0 Å². The normalized spacial score (nSPS) is 16.9. The molecule has 2 rings (SSSR count). The van der Waals surface area contributed by atoms with E-state index in [1.807, 2.05) is 0 Å². The van der Waals surface area contributed by atoms with Gasteiger partial charge in [0.2, 0.25) is 15.9 Å². The highest BCUT2D eigenvalue weighted by Gasteiger charge is 2.27. The average Bonchev–Trinajstić information content (AvgIpc) is 2.80. The van der Waals surface area contributed by atoms with E-state index in [4.69, 9.17) is 4.74 Å². The molecule has 1 aromatic rings. The second-order valence-corrected chi connectivity index (χ2v) is 6.90. The zero-order chi connectivity index (χ0) is 16.2. The molecule has 22 heavy (non-hydrogen) atoms. The Kier molecular flexibility index (Phi) is 5.20. The van der Waals surface area contributed by atoms with Crippen molar-refractivity contribution in [3.63, 3.8) is 0 Å². The molecule has 0 aliphatic carbocycles. The predicted octanol–water partition coefficient (Wildman–Crippen LogP) is 1.10. The lowest BCUT2D eigenvalue weighted by Crippen LogP contribution is -2.36. The van der Waals surface area contributed by atoms with Crippen LogP contribution < -0.4 is 4.74 Å². The number of amides is 1. The molecule has 1 aliphatic rings. The van der Waals surface area contributed by atoms with Crippen LogP contribution in [0.5, 0.6) is 5.75 Å². The Morgan fingerprint density at radius 3 is 2.45 bits per heavy atom. The zero-order valence-corrected chi connectivity index (χ0v) is 13.4.